The molecule has 0 aliphatic rings. The van der Waals surface area contributed by atoms with Gasteiger partial charge in [0.05, 0.1) is 17.0 Å². The van der Waals surface area contributed by atoms with Crippen LogP contribution in [-0.4, -0.2) is 23.3 Å². The van der Waals surface area contributed by atoms with Gasteiger partial charge >= 0.3 is 0 Å². The summed E-state index contributed by atoms with van der Waals surface area (Å²) in [5.41, 5.74) is 6.39. The summed E-state index contributed by atoms with van der Waals surface area (Å²) in [6.45, 7) is 0.141. The maximum Gasteiger partial charge on any atom is 0.233 e. The van der Waals surface area contributed by atoms with Gasteiger partial charge in [0.2, 0.25) is 11.8 Å². The molecule has 0 atom stereocenters. The molecule has 2 aromatic heterocycles. The zero-order valence-electron chi connectivity index (χ0n) is 13.7. The van der Waals surface area contributed by atoms with Crippen molar-refractivity contribution in [2.24, 2.45) is 5.73 Å². The van der Waals surface area contributed by atoms with E-state index in [9.17, 15) is 14.0 Å². The molecule has 2 amide bonds. The van der Waals surface area contributed by atoms with Crippen molar-refractivity contribution in [3.63, 3.8) is 0 Å². The molecule has 0 bridgehead atoms. The van der Waals surface area contributed by atoms with Crippen LogP contribution in [-0.2, 0) is 16.0 Å². The number of carbonyl (C=O) groups is 2. The summed E-state index contributed by atoms with van der Waals surface area (Å²) in [5.74, 6) is -1.12. The van der Waals surface area contributed by atoms with Gasteiger partial charge in [-0.05, 0) is 35.7 Å². The lowest BCUT2D eigenvalue weighted by molar-refractivity contribution is -0.118. The third-order valence-corrected chi connectivity index (χ3v) is 5.57. The lowest BCUT2D eigenvalue weighted by Crippen LogP contribution is -2.35. The number of anilines is 1. The second kappa shape index (κ2) is 8.20. The Balaban J connectivity index is 1.76. The third kappa shape index (κ3) is 4.53. The number of benzene rings is 1. The zero-order chi connectivity index (χ0) is 18.5. The average Bonchev–Trinajstić information content (AvgIpc) is 3.27. The van der Waals surface area contributed by atoms with Crippen molar-refractivity contribution in [2.45, 2.75) is 12.8 Å². The van der Waals surface area contributed by atoms with Gasteiger partial charge < -0.3 is 10.6 Å². The van der Waals surface area contributed by atoms with Crippen LogP contribution in [0, 0.1) is 5.82 Å². The minimum absolute atomic E-state index is 0.0284. The summed E-state index contributed by atoms with van der Waals surface area (Å²) in [6.07, 6.45) is 0.124. The standard InChI is InChI=1S/C18H16FN3O2S2/c19-12-3-5-14(6-4-12)22(8-7-16(20)23)17(24)10-13-11-26-18(21-13)15-2-1-9-25-15/h1-6,9,11H,7-8,10H2,(H2,20,23). The molecule has 0 fully saturated rings. The van der Waals surface area contributed by atoms with Crippen LogP contribution in [0.15, 0.2) is 47.2 Å². The first-order chi connectivity index (χ1) is 12.5. The van der Waals surface area contributed by atoms with Gasteiger partial charge in [0.1, 0.15) is 10.8 Å². The minimum atomic E-state index is -0.501. The third-order valence-electron chi connectivity index (χ3n) is 3.64. The molecule has 0 aliphatic heterocycles. The number of thiophene rings is 1. The molecular formula is C18H16FN3O2S2. The number of nitrogens with two attached hydrogens (primary N) is 1. The number of amides is 2. The Labute approximate surface area is 157 Å². The van der Waals surface area contributed by atoms with Crippen molar-refractivity contribution in [2.75, 3.05) is 11.4 Å². The van der Waals surface area contributed by atoms with E-state index in [-0.39, 0.29) is 25.3 Å². The van der Waals surface area contributed by atoms with E-state index in [0.29, 0.717) is 11.4 Å². The van der Waals surface area contributed by atoms with Gasteiger partial charge in [-0.2, -0.15) is 0 Å². The van der Waals surface area contributed by atoms with E-state index in [0.717, 1.165) is 9.88 Å². The molecule has 0 radical (unpaired) electrons. The molecule has 0 aliphatic carbocycles. The number of carbonyl (C=O) groups excluding carboxylic acids is 2. The monoisotopic (exact) mass is 389 g/mol. The van der Waals surface area contributed by atoms with E-state index in [2.05, 4.69) is 4.98 Å². The molecule has 0 saturated heterocycles. The van der Waals surface area contributed by atoms with Crippen LogP contribution >= 0.6 is 22.7 Å². The molecular weight excluding hydrogens is 373 g/mol. The molecule has 8 heteroatoms. The summed E-state index contributed by atoms with van der Waals surface area (Å²) >= 11 is 3.07. The number of nitrogens with zero attached hydrogens (tertiary/aromatic N) is 2. The van der Waals surface area contributed by atoms with Crippen molar-refractivity contribution in [1.29, 1.82) is 0 Å². The van der Waals surface area contributed by atoms with Gasteiger partial charge in [0.25, 0.3) is 0 Å². The molecule has 5 nitrogen and oxygen atoms in total. The van der Waals surface area contributed by atoms with Crippen LogP contribution in [0.25, 0.3) is 9.88 Å². The van der Waals surface area contributed by atoms with Gasteiger partial charge in [-0.1, -0.05) is 6.07 Å². The van der Waals surface area contributed by atoms with Gasteiger partial charge in [-0.15, -0.1) is 22.7 Å². The van der Waals surface area contributed by atoms with Crippen molar-refractivity contribution in [3.8, 4) is 9.88 Å². The Hall–Kier alpha value is -2.58. The van der Waals surface area contributed by atoms with Crippen LogP contribution in [0.4, 0.5) is 10.1 Å². The summed E-state index contributed by atoms with van der Waals surface area (Å²) in [7, 11) is 0. The fourth-order valence-corrected chi connectivity index (χ4v) is 4.03. The molecule has 0 spiro atoms. The van der Waals surface area contributed by atoms with E-state index in [1.54, 1.807) is 11.3 Å². The summed E-state index contributed by atoms with van der Waals surface area (Å²) < 4.78 is 13.2. The van der Waals surface area contributed by atoms with Crippen molar-refractivity contribution in [3.05, 3.63) is 58.7 Å². The summed E-state index contributed by atoms with van der Waals surface area (Å²) in [5, 5.41) is 4.69. The normalized spacial score (nSPS) is 10.7. The average molecular weight is 389 g/mol. The second-order valence-corrected chi connectivity index (χ2v) is 7.34. The first-order valence-electron chi connectivity index (χ1n) is 7.85. The van der Waals surface area contributed by atoms with Crippen molar-refractivity contribution in [1.82, 2.24) is 4.98 Å². The van der Waals surface area contributed by atoms with Gasteiger partial charge in [-0.25, -0.2) is 9.37 Å². The van der Waals surface area contributed by atoms with Crippen LogP contribution in [0.5, 0.6) is 0 Å². The Morgan fingerprint density at radius 3 is 2.58 bits per heavy atom. The highest BCUT2D eigenvalue weighted by Crippen LogP contribution is 2.28. The number of thiazole rings is 1. The number of hydrogen-bond acceptors (Lipinski definition) is 5. The molecule has 134 valence electrons. The van der Waals surface area contributed by atoms with E-state index in [1.165, 1.54) is 40.5 Å². The number of rotatable bonds is 7. The van der Waals surface area contributed by atoms with Crippen molar-refractivity contribution < 1.29 is 14.0 Å². The van der Waals surface area contributed by atoms with Crippen LogP contribution in [0.1, 0.15) is 12.1 Å². The second-order valence-electron chi connectivity index (χ2n) is 5.54. The minimum Gasteiger partial charge on any atom is -0.370 e. The smallest absolute Gasteiger partial charge is 0.233 e. The van der Waals surface area contributed by atoms with E-state index in [1.807, 2.05) is 22.9 Å². The van der Waals surface area contributed by atoms with Crippen LogP contribution < -0.4 is 10.6 Å². The summed E-state index contributed by atoms with van der Waals surface area (Å²) in [4.78, 5) is 30.9. The lowest BCUT2D eigenvalue weighted by atomic mass is 10.2. The molecule has 0 unspecified atom stereocenters. The Kier molecular flexibility index (Phi) is 5.75. The quantitative estimate of drug-likeness (QED) is 0.672. The number of aromatic nitrogens is 1. The predicted octanol–water partition coefficient (Wildman–Crippen LogP) is 3.46. The Morgan fingerprint density at radius 1 is 1.15 bits per heavy atom. The highest BCUT2D eigenvalue weighted by atomic mass is 32.1. The zero-order valence-corrected chi connectivity index (χ0v) is 15.4. The first kappa shape index (κ1) is 18.2. The number of hydrogen-bond donors (Lipinski definition) is 1. The number of halogens is 1. The summed E-state index contributed by atoms with van der Waals surface area (Å²) in [6, 6.07) is 9.49. The highest BCUT2D eigenvalue weighted by Gasteiger charge is 2.19. The maximum atomic E-state index is 13.2. The number of primary amides is 1. The first-order valence-corrected chi connectivity index (χ1v) is 9.61. The SMILES string of the molecule is NC(=O)CCN(C(=O)Cc1csc(-c2cccs2)n1)c1ccc(F)cc1. The lowest BCUT2D eigenvalue weighted by Gasteiger charge is -2.22. The van der Waals surface area contributed by atoms with Gasteiger partial charge in [0, 0.05) is 24.0 Å². The predicted molar refractivity (Wildman–Crippen MR) is 102 cm³/mol. The van der Waals surface area contributed by atoms with Crippen molar-refractivity contribution >= 4 is 40.2 Å². The van der Waals surface area contributed by atoms with E-state index in [4.69, 9.17) is 5.73 Å². The molecule has 2 N–H and O–H groups in total. The molecule has 3 rings (SSSR count). The molecule has 26 heavy (non-hydrogen) atoms. The fourth-order valence-electron chi connectivity index (χ4n) is 2.39. The van der Waals surface area contributed by atoms with Gasteiger partial charge in [-0.3, -0.25) is 9.59 Å². The molecule has 2 heterocycles. The molecule has 3 aromatic rings. The van der Waals surface area contributed by atoms with Crippen LogP contribution in [0.2, 0.25) is 0 Å². The Bertz CT molecular complexity index is 892. The van der Waals surface area contributed by atoms with E-state index >= 15 is 0 Å². The van der Waals surface area contributed by atoms with E-state index < -0.39 is 11.7 Å². The topological polar surface area (TPSA) is 76.3 Å². The van der Waals surface area contributed by atoms with Gasteiger partial charge in [0.15, 0.2) is 0 Å². The van der Waals surface area contributed by atoms with Crippen LogP contribution in [0.3, 0.4) is 0 Å². The fraction of sp³-hybridized carbons (Fsp3) is 0.167. The highest BCUT2D eigenvalue weighted by molar-refractivity contribution is 7.20. The molecule has 1 aromatic carbocycles. The maximum absolute atomic E-state index is 13.2. The largest absolute Gasteiger partial charge is 0.370 e. The Morgan fingerprint density at radius 2 is 1.92 bits per heavy atom. The molecule has 0 saturated carbocycles.